The van der Waals surface area contributed by atoms with Crippen LogP contribution in [0.2, 0.25) is 0 Å². The van der Waals surface area contributed by atoms with E-state index < -0.39 is 0 Å². The number of rotatable bonds is 3. The van der Waals surface area contributed by atoms with E-state index >= 15 is 0 Å². The number of methoxy groups -OCH3 is 1. The van der Waals surface area contributed by atoms with E-state index in [1.165, 1.54) is 22.2 Å². The summed E-state index contributed by atoms with van der Waals surface area (Å²) < 4.78 is 5.65. The van der Waals surface area contributed by atoms with Crippen LogP contribution in [0.4, 0.5) is 0 Å². The standard InChI is InChI=1S/C12H16OS2/c1-13-12(10-5-3-2-4-6-10)11-7-14-9-15-8-11/h2-6,11-12H,7-9H2,1H3. The summed E-state index contributed by atoms with van der Waals surface area (Å²) in [6.07, 6.45) is 0.270. The third-order valence-corrected chi connectivity index (χ3v) is 5.30. The van der Waals surface area contributed by atoms with Gasteiger partial charge in [0.05, 0.1) is 6.10 Å². The zero-order valence-corrected chi connectivity index (χ0v) is 10.5. The Labute approximate surface area is 100.0 Å². The van der Waals surface area contributed by atoms with Gasteiger partial charge in [-0.15, -0.1) is 0 Å². The van der Waals surface area contributed by atoms with Gasteiger partial charge in [-0.05, 0) is 5.56 Å². The maximum atomic E-state index is 5.65. The van der Waals surface area contributed by atoms with Crippen LogP contribution in [0.15, 0.2) is 30.3 Å². The number of thioether (sulfide) groups is 2. The Morgan fingerprint density at radius 3 is 2.47 bits per heavy atom. The Balaban J connectivity index is 2.09. The Kier molecular flexibility index (Phi) is 4.42. The number of hydrogen-bond donors (Lipinski definition) is 0. The predicted molar refractivity (Wildman–Crippen MR) is 69.5 cm³/mol. The molecule has 1 aliphatic heterocycles. The molecule has 15 heavy (non-hydrogen) atoms. The second-order valence-electron chi connectivity index (χ2n) is 3.69. The lowest BCUT2D eigenvalue weighted by Gasteiger charge is -2.28. The summed E-state index contributed by atoms with van der Waals surface area (Å²) in [5.74, 6) is 3.10. The van der Waals surface area contributed by atoms with Crippen molar-refractivity contribution in [2.75, 3.05) is 23.7 Å². The molecule has 1 atom stereocenters. The third kappa shape index (κ3) is 2.92. The molecule has 1 aliphatic rings. The highest BCUT2D eigenvalue weighted by Crippen LogP contribution is 2.35. The molecule has 1 fully saturated rings. The van der Waals surface area contributed by atoms with Crippen LogP contribution in [-0.2, 0) is 4.74 Å². The van der Waals surface area contributed by atoms with Gasteiger partial charge in [0.25, 0.3) is 0 Å². The van der Waals surface area contributed by atoms with Crippen molar-refractivity contribution in [2.45, 2.75) is 6.10 Å². The molecule has 0 spiro atoms. The lowest BCUT2D eigenvalue weighted by molar-refractivity contribution is 0.0677. The van der Waals surface area contributed by atoms with Crippen molar-refractivity contribution in [3.63, 3.8) is 0 Å². The van der Waals surface area contributed by atoms with Gasteiger partial charge < -0.3 is 4.74 Å². The molecule has 1 nitrogen and oxygen atoms in total. The van der Waals surface area contributed by atoms with E-state index in [2.05, 4.69) is 30.3 Å². The summed E-state index contributed by atoms with van der Waals surface area (Å²) in [7, 11) is 1.82. The van der Waals surface area contributed by atoms with Crippen molar-refractivity contribution in [1.82, 2.24) is 0 Å². The van der Waals surface area contributed by atoms with Gasteiger partial charge in [-0.1, -0.05) is 30.3 Å². The van der Waals surface area contributed by atoms with Crippen LogP contribution in [0.1, 0.15) is 11.7 Å². The first-order valence-electron chi connectivity index (χ1n) is 5.15. The van der Waals surface area contributed by atoms with Crippen molar-refractivity contribution in [2.24, 2.45) is 5.92 Å². The first-order valence-corrected chi connectivity index (χ1v) is 7.46. The van der Waals surface area contributed by atoms with Gasteiger partial charge in [0.1, 0.15) is 0 Å². The minimum atomic E-state index is 0.270. The van der Waals surface area contributed by atoms with Gasteiger partial charge in [0, 0.05) is 29.6 Å². The van der Waals surface area contributed by atoms with Crippen LogP contribution in [0.25, 0.3) is 0 Å². The van der Waals surface area contributed by atoms with Crippen LogP contribution in [0.3, 0.4) is 0 Å². The van der Waals surface area contributed by atoms with E-state index in [1.807, 2.05) is 30.6 Å². The Hall–Kier alpha value is -0.120. The zero-order chi connectivity index (χ0) is 10.5. The average molecular weight is 240 g/mol. The highest BCUT2D eigenvalue weighted by molar-refractivity contribution is 8.16. The highest BCUT2D eigenvalue weighted by Gasteiger charge is 2.25. The van der Waals surface area contributed by atoms with Crippen LogP contribution >= 0.6 is 23.5 Å². The normalized spacial score (nSPS) is 20.1. The maximum absolute atomic E-state index is 5.65. The van der Waals surface area contributed by atoms with Crippen molar-refractivity contribution in [1.29, 1.82) is 0 Å². The maximum Gasteiger partial charge on any atom is 0.0865 e. The molecule has 82 valence electrons. The molecular weight excluding hydrogens is 224 g/mol. The molecule has 1 heterocycles. The molecule has 0 aliphatic carbocycles. The molecule has 1 saturated heterocycles. The molecule has 3 heteroatoms. The summed E-state index contributed by atoms with van der Waals surface area (Å²) in [6.45, 7) is 0. The number of ether oxygens (including phenoxy) is 1. The lowest BCUT2D eigenvalue weighted by Crippen LogP contribution is -2.22. The molecule has 0 saturated carbocycles. The molecule has 1 aromatic carbocycles. The fraction of sp³-hybridized carbons (Fsp3) is 0.500. The highest BCUT2D eigenvalue weighted by atomic mass is 32.2. The van der Waals surface area contributed by atoms with E-state index in [-0.39, 0.29) is 6.10 Å². The second kappa shape index (κ2) is 5.83. The van der Waals surface area contributed by atoms with E-state index in [9.17, 15) is 0 Å². The first-order chi connectivity index (χ1) is 7.42. The molecule has 0 bridgehead atoms. The number of benzene rings is 1. The van der Waals surface area contributed by atoms with Gasteiger partial charge in [0.2, 0.25) is 0 Å². The molecule has 0 N–H and O–H groups in total. The molecule has 1 aromatic rings. The fourth-order valence-electron chi connectivity index (χ4n) is 1.92. The van der Waals surface area contributed by atoms with Crippen molar-refractivity contribution < 1.29 is 4.74 Å². The minimum Gasteiger partial charge on any atom is -0.376 e. The quantitative estimate of drug-likeness (QED) is 0.801. The molecular formula is C12H16OS2. The minimum absolute atomic E-state index is 0.270. The van der Waals surface area contributed by atoms with Crippen LogP contribution in [-0.4, -0.2) is 23.7 Å². The summed E-state index contributed by atoms with van der Waals surface area (Å²) in [5, 5.41) is 1.24. The topological polar surface area (TPSA) is 9.23 Å². The SMILES string of the molecule is COC(c1ccccc1)C1CSCSC1. The molecule has 0 amide bonds. The Morgan fingerprint density at radius 2 is 1.87 bits per heavy atom. The molecule has 0 aromatic heterocycles. The van der Waals surface area contributed by atoms with Crippen molar-refractivity contribution in [3.8, 4) is 0 Å². The van der Waals surface area contributed by atoms with E-state index in [4.69, 9.17) is 4.74 Å². The van der Waals surface area contributed by atoms with Gasteiger partial charge in [-0.25, -0.2) is 0 Å². The summed E-state index contributed by atoms with van der Waals surface area (Å²) in [4.78, 5) is 0. The average Bonchev–Trinajstić information content (AvgIpc) is 2.33. The van der Waals surface area contributed by atoms with Crippen LogP contribution in [0, 0.1) is 5.92 Å². The van der Waals surface area contributed by atoms with Gasteiger partial charge in [0.15, 0.2) is 0 Å². The van der Waals surface area contributed by atoms with E-state index in [0.29, 0.717) is 5.92 Å². The predicted octanol–water partition coefficient (Wildman–Crippen LogP) is 3.43. The Bertz CT molecular complexity index is 283. The second-order valence-corrected chi connectivity index (χ2v) is 6.11. The summed E-state index contributed by atoms with van der Waals surface area (Å²) >= 11 is 4.05. The van der Waals surface area contributed by atoms with Gasteiger partial charge in [-0.2, -0.15) is 23.5 Å². The van der Waals surface area contributed by atoms with Crippen LogP contribution < -0.4 is 0 Å². The fourth-order valence-corrected chi connectivity index (χ4v) is 4.51. The van der Waals surface area contributed by atoms with Crippen LogP contribution in [0.5, 0.6) is 0 Å². The largest absolute Gasteiger partial charge is 0.376 e. The molecule has 2 rings (SSSR count). The smallest absolute Gasteiger partial charge is 0.0865 e. The van der Waals surface area contributed by atoms with Gasteiger partial charge in [-0.3, -0.25) is 0 Å². The third-order valence-electron chi connectivity index (χ3n) is 2.64. The molecule has 1 unspecified atom stereocenters. The van der Waals surface area contributed by atoms with E-state index in [1.54, 1.807) is 0 Å². The first kappa shape index (κ1) is 11.4. The zero-order valence-electron chi connectivity index (χ0n) is 8.89. The van der Waals surface area contributed by atoms with Crippen molar-refractivity contribution >= 4 is 23.5 Å². The van der Waals surface area contributed by atoms with Gasteiger partial charge >= 0.3 is 0 Å². The monoisotopic (exact) mass is 240 g/mol. The van der Waals surface area contributed by atoms with Crippen molar-refractivity contribution in [3.05, 3.63) is 35.9 Å². The Morgan fingerprint density at radius 1 is 1.20 bits per heavy atom. The lowest BCUT2D eigenvalue weighted by atomic mass is 9.99. The molecule has 0 radical (unpaired) electrons. The summed E-state index contributed by atoms with van der Waals surface area (Å²) in [5.41, 5.74) is 1.31. The van der Waals surface area contributed by atoms with E-state index in [0.717, 1.165) is 0 Å². The summed E-state index contributed by atoms with van der Waals surface area (Å²) in [6, 6.07) is 10.6. The number of hydrogen-bond acceptors (Lipinski definition) is 3.